The lowest BCUT2D eigenvalue weighted by atomic mass is 9.91. The summed E-state index contributed by atoms with van der Waals surface area (Å²) in [5.74, 6) is -0.523. The summed E-state index contributed by atoms with van der Waals surface area (Å²) < 4.78 is 30.4. The average molecular weight is 466 g/mol. The molecule has 2 heterocycles. The lowest BCUT2D eigenvalue weighted by Crippen LogP contribution is -2.30. The van der Waals surface area contributed by atoms with Crippen LogP contribution in [0.1, 0.15) is 33.4 Å². The van der Waals surface area contributed by atoms with E-state index in [0.29, 0.717) is 12.4 Å². The number of hydrogen-bond donors (Lipinski definition) is 3. The van der Waals surface area contributed by atoms with Gasteiger partial charge in [-0.1, -0.05) is 35.4 Å². The van der Waals surface area contributed by atoms with Crippen LogP contribution in [0.5, 0.6) is 0 Å². The van der Waals surface area contributed by atoms with Crippen LogP contribution >= 0.6 is 29.2 Å². The van der Waals surface area contributed by atoms with Gasteiger partial charge in [0.2, 0.25) is 0 Å². The molecule has 0 radical (unpaired) electrons. The highest BCUT2D eigenvalue weighted by atomic mass is 33.1. The van der Waals surface area contributed by atoms with Crippen LogP contribution < -0.4 is 17.2 Å². The number of hydrogen-bond acceptors (Lipinski definition) is 10. The molecule has 5 atom stereocenters. The second-order valence-electron chi connectivity index (χ2n) is 7.64. The third-order valence-electron chi connectivity index (χ3n) is 3.92. The lowest BCUT2D eigenvalue weighted by Gasteiger charge is -2.22. The molecule has 0 saturated carbocycles. The Hall–Kier alpha value is -0.525. The maximum Gasteiger partial charge on any atom is 0.351 e. The molecule has 1 aromatic heterocycles. The monoisotopic (exact) mass is 466 g/mol. The van der Waals surface area contributed by atoms with Gasteiger partial charge in [-0.05, 0) is 17.6 Å². The summed E-state index contributed by atoms with van der Waals surface area (Å²) >= 11 is 0. The van der Waals surface area contributed by atoms with Crippen LogP contribution in [-0.2, 0) is 18.6 Å². The van der Waals surface area contributed by atoms with E-state index in [1.807, 2.05) is 0 Å². The Bertz CT molecular complexity index is 793. The molecule has 164 valence electrons. The number of rotatable bonds is 10. The predicted molar refractivity (Wildman–Crippen MR) is 118 cm³/mol. The Morgan fingerprint density at radius 1 is 1.59 bits per heavy atom. The molecule has 1 saturated heterocycles. The molecule has 0 bridgehead atoms. The van der Waals surface area contributed by atoms with Gasteiger partial charge in [0.25, 0.3) is 0 Å². The first-order chi connectivity index (χ1) is 13.4. The van der Waals surface area contributed by atoms with Gasteiger partial charge in [0.05, 0.1) is 12.7 Å². The maximum atomic E-state index is 12.1. The summed E-state index contributed by atoms with van der Waals surface area (Å²) in [4.78, 5) is 25.7. The van der Waals surface area contributed by atoms with Crippen LogP contribution in [-0.4, -0.2) is 57.5 Å². The number of nitrogens with two attached hydrogens (primary N) is 2. The number of nitrogen functional groups attached to an aromatic ring is 1. The summed E-state index contributed by atoms with van der Waals surface area (Å²) in [7, 11) is 1.37. The minimum absolute atomic E-state index is 0.0784. The molecule has 1 aromatic rings. The molecule has 2 rings (SSSR count). The molecule has 0 amide bonds. The molecule has 10 nitrogen and oxygen atoms in total. The van der Waals surface area contributed by atoms with Crippen molar-refractivity contribution in [2.75, 3.05) is 18.3 Å². The number of aromatic nitrogens is 2. The average Bonchev–Trinajstić information content (AvgIpc) is 2.99. The van der Waals surface area contributed by atoms with Crippen LogP contribution in [0.15, 0.2) is 17.1 Å². The Labute approximate surface area is 178 Å². The molecule has 0 spiro atoms. The smallest absolute Gasteiger partial charge is 0.351 e. The van der Waals surface area contributed by atoms with E-state index in [1.54, 1.807) is 21.6 Å². The first kappa shape index (κ1) is 24.7. The highest BCUT2D eigenvalue weighted by Crippen LogP contribution is 2.46. The minimum Gasteiger partial charge on any atom is -0.383 e. The topological polar surface area (TPSA) is 152 Å². The van der Waals surface area contributed by atoms with Crippen molar-refractivity contribution in [3.8, 4) is 0 Å². The summed E-state index contributed by atoms with van der Waals surface area (Å²) in [6, 6.07) is 1.50. The molecular formula is C15H28BN4O6PS2. The normalized spacial score (nSPS) is 25.6. The Balaban J connectivity index is 2.06. The first-order valence-corrected chi connectivity index (χ1v) is 13.0. The second kappa shape index (κ2) is 10.2. The van der Waals surface area contributed by atoms with Crippen LogP contribution in [0.25, 0.3) is 0 Å². The van der Waals surface area contributed by atoms with Crippen molar-refractivity contribution in [3.63, 3.8) is 0 Å². The molecule has 3 unspecified atom stereocenters. The highest BCUT2D eigenvalue weighted by molar-refractivity contribution is 8.77. The van der Waals surface area contributed by atoms with Crippen molar-refractivity contribution < 1.29 is 23.5 Å². The van der Waals surface area contributed by atoms with E-state index >= 15 is 0 Å². The van der Waals surface area contributed by atoms with Gasteiger partial charge in [0.1, 0.15) is 37.7 Å². The van der Waals surface area contributed by atoms with Gasteiger partial charge in [0.15, 0.2) is 0 Å². The first-order valence-electron chi connectivity index (χ1n) is 9.04. The standard InChI is InChI=1S/C15H28BN4O6PS2/c1-9(17)27(22,23)25-7-11-10(24-8-28-29-15(2,3)16)6-13(26-11)20-5-4-12(18)19-14(20)21/h4-5,9-11,13H,6-8,16-17H2,1-3H3,(H,22,23)(H2,18,19,21)/t9?,10-,11?,13-/m1/s1. The molecular weight excluding hydrogens is 438 g/mol. The molecule has 0 aliphatic carbocycles. The zero-order valence-corrected chi connectivity index (χ0v) is 19.4. The summed E-state index contributed by atoms with van der Waals surface area (Å²) in [6.07, 6.45) is 0.116. The molecule has 1 aliphatic rings. The van der Waals surface area contributed by atoms with E-state index < -0.39 is 37.5 Å². The van der Waals surface area contributed by atoms with Crippen molar-refractivity contribution in [1.82, 2.24) is 9.55 Å². The second-order valence-corrected chi connectivity index (χ2v) is 12.9. The minimum atomic E-state index is -3.97. The van der Waals surface area contributed by atoms with Gasteiger partial charge in [-0.2, -0.15) is 4.98 Å². The molecule has 1 fully saturated rings. The van der Waals surface area contributed by atoms with E-state index in [-0.39, 0.29) is 17.1 Å². The van der Waals surface area contributed by atoms with Gasteiger partial charge >= 0.3 is 13.3 Å². The fraction of sp³-hybridized carbons (Fsp3) is 0.733. The van der Waals surface area contributed by atoms with Gasteiger partial charge < -0.3 is 30.4 Å². The van der Waals surface area contributed by atoms with E-state index in [2.05, 4.69) is 26.7 Å². The Morgan fingerprint density at radius 3 is 2.86 bits per heavy atom. The third-order valence-corrected chi connectivity index (χ3v) is 8.46. The van der Waals surface area contributed by atoms with Gasteiger partial charge in [-0.15, -0.1) is 0 Å². The zero-order valence-electron chi connectivity index (χ0n) is 16.9. The van der Waals surface area contributed by atoms with Crippen LogP contribution in [0.2, 0.25) is 0 Å². The SMILES string of the molecule is BC(C)(C)SSCO[C@@H]1C[C@H](n2ccc(N)nc2=O)OC1COP(=O)(O)C(C)N. The van der Waals surface area contributed by atoms with E-state index in [1.165, 1.54) is 23.8 Å². The lowest BCUT2D eigenvalue weighted by molar-refractivity contribution is -0.0521. The quantitative estimate of drug-likeness (QED) is 0.147. The van der Waals surface area contributed by atoms with Crippen LogP contribution in [0, 0.1) is 0 Å². The Morgan fingerprint density at radius 2 is 2.28 bits per heavy atom. The fourth-order valence-electron chi connectivity index (χ4n) is 2.46. The largest absolute Gasteiger partial charge is 0.383 e. The van der Waals surface area contributed by atoms with Crippen molar-refractivity contribution in [1.29, 1.82) is 0 Å². The summed E-state index contributed by atoms with van der Waals surface area (Å²) in [6.45, 7) is 5.41. The third kappa shape index (κ3) is 7.59. The van der Waals surface area contributed by atoms with Crippen molar-refractivity contribution in [2.24, 2.45) is 5.73 Å². The van der Waals surface area contributed by atoms with Crippen LogP contribution in [0.4, 0.5) is 5.82 Å². The predicted octanol–water partition coefficient (Wildman–Crippen LogP) is 0.713. The summed E-state index contributed by atoms with van der Waals surface area (Å²) in [5, 5.41) is 0. The zero-order chi connectivity index (χ0) is 21.8. The molecule has 14 heteroatoms. The molecule has 1 aliphatic heterocycles. The maximum absolute atomic E-state index is 12.1. The Kier molecular flexibility index (Phi) is 8.69. The van der Waals surface area contributed by atoms with Crippen LogP contribution in [0.3, 0.4) is 0 Å². The van der Waals surface area contributed by atoms with Crippen molar-refractivity contribution >= 4 is 42.8 Å². The van der Waals surface area contributed by atoms with Gasteiger partial charge in [0, 0.05) is 12.6 Å². The summed E-state index contributed by atoms with van der Waals surface area (Å²) in [5.41, 5.74) is 10.5. The van der Waals surface area contributed by atoms with E-state index in [4.69, 9.17) is 25.5 Å². The van der Waals surface area contributed by atoms with Gasteiger partial charge in [-0.3, -0.25) is 9.13 Å². The van der Waals surface area contributed by atoms with Crippen molar-refractivity contribution in [3.05, 3.63) is 22.7 Å². The molecule has 29 heavy (non-hydrogen) atoms. The number of ether oxygens (including phenoxy) is 2. The number of nitrogens with zero attached hydrogens (tertiary/aromatic N) is 2. The molecule has 0 aromatic carbocycles. The van der Waals surface area contributed by atoms with E-state index in [9.17, 15) is 14.3 Å². The highest BCUT2D eigenvalue weighted by Gasteiger charge is 2.39. The number of anilines is 1. The van der Waals surface area contributed by atoms with E-state index in [0.717, 1.165) is 0 Å². The fourth-order valence-corrected chi connectivity index (χ4v) is 5.05. The van der Waals surface area contributed by atoms with Gasteiger partial charge in [-0.25, -0.2) is 4.79 Å². The molecule has 5 N–H and O–H groups in total. The van der Waals surface area contributed by atoms with Crippen molar-refractivity contribution in [2.45, 2.75) is 56.1 Å².